The van der Waals surface area contributed by atoms with Crippen LogP contribution in [0.3, 0.4) is 0 Å². The fraction of sp³-hybridized carbons (Fsp3) is 0.455. The standard InChI is InChI=1S/C11H13F3N2O2S/c12-11(13,14)9-1-3-10(4-2-9)19(17,18)16-7-8-5-15-6-8/h1-4,8,15-16H,5-7H2. The number of alkyl halides is 3. The molecule has 1 aromatic rings. The minimum absolute atomic E-state index is 0.159. The van der Waals surface area contributed by atoms with Gasteiger partial charge >= 0.3 is 6.18 Å². The summed E-state index contributed by atoms with van der Waals surface area (Å²) < 4.78 is 63.1. The first-order chi connectivity index (χ1) is 8.79. The second kappa shape index (κ2) is 5.10. The molecule has 8 heteroatoms. The van der Waals surface area contributed by atoms with E-state index in [9.17, 15) is 21.6 Å². The largest absolute Gasteiger partial charge is 0.416 e. The number of benzene rings is 1. The zero-order valence-corrected chi connectivity index (χ0v) is 10.7. The molecule has 2 N–H and O–H groups in total. The summed E-state index contributed by atoms with van der Waals surface area (Å²) in [5.41, 5.74) is -0.866. The third-order valence-electron chi connectivity index (χ3n) is 2.92. The van der Waals surface area contributed by atoms with Crippen LogP contribution in [0.4, 0.5) is 13.2 Å². The van der Waals surface area contributed by atoms with Crippen LogP contribution >= 0.6 is 0 Å². The molecule has 1 aliphatic rings. The summed E-state index contributed by atoms with van der Waals surface area (Å²) in [5.74, 6) is 0.240. The van der Waals surface area contributed by atoms with E-state index in [1.165, 1.54) is 0 Å². The van der Waals surface area contributed by atoms with E-state index in [1.807, 2.05) is 0 Å². The van der Waals surface area contributed by atoms with Crippen molar-refractivity contribution in [1.82, 2.24) is 10.0 Å². The van der Waals surface area contributed by atoms with Crippen LogP contribution in [0.25, 0.3) is 0 Å². The number of halogens is 3. The SMILES string of the molecule is O=S(=O)(NCC1CNC1)c1ccc(C(F)(F)F)cc1. The second-order valence-electron chi connectivity index (χ2n) is 4.40. The van der Waals surface area contributed by atoms with Crippen LogP contribution in [0.2, 0.25) is 0 Å². The summed E-state index contributed by atoms with van der Waals surface area (Å²) in [4.78, 5) is -0.159. The predicted octanol–water partition coefficient (Wildman–Crippen LogP) is 1.20. The Balaban J connectivity index is 2.07. The minimum atomic E-state index is -4.46. The highest BCUT2D eigenvalue weighted by molar-refractivity contribution is 7.89. The molecule has 0 aliphatic carbocycles. The van der Waals surface area contributed by atoms with Gasteiger partial charge in [0.25, 0.3) is 0 Å². The summed E-state index contributed by atoms with van der Waals surface area (Å²) in [6.07, 6.45) is -4.46. The molecule has 2 rings (SSSR count). The Labute approximate surface area is 109 Å². The second-order valence-corrected chi connectivity index (χ2v) is 6.17. The first-order valence-electron chi connectivity index (χ1n) is 5.67. The van der Waals surface area contributed by atoms with Gasteiger partial charge in [-0.05, 0) is 30.2 Å². The van der Waals surface area contributed by atoms with E-state index in [-0.39, 0.29) is 17.4 Å². The smallest absolute Gasteiger partial charge is 0.316 e. The first kappa shape index (κ1) is 14.3. The van der Waals surface area contributed by atoms with Crippen LogP contribution in [0.5, 0.6) is 0 Å². The first-order valence-corrected chi connectivity index (χ1v) is 7.15. The lowest BCUT2D eigenvalue weighted by atomic mass is 10.1. The van der Waals surface area contributed by atoms with E-state index in [0.29, 0.717) is 0 Å². The van der Waals surface area contributed by atoms with E-state index in [4.69, 9.17) is 0 Å². The summed E-state index contributed by atoms with van der Waals surface area (Å²) in [6.45, 7) is 1.78. The average molecular weight is 294 g/mol. The Morgan fingerprint density at radius 3 is 2.21 bits per heavy atom. The lowest BCUT2D eigenvalue weighted by molar-refractivity contribution is -0.137. The van der Waals surface area contributed by atoms with Crippen molar-refractivity contribution in [3.05, 3.63) is 29.8 Å². The maximum Gasteiger partial charge on any atom is 0.416 e. The monoisotopic (exact) mass is 294 g/mol. The molecule has 0 amide bonds. The van der Waals surface area contributed by atoms with Gasteiger partial charge in [-0.1, -0.05) is 0 Å². The molecule has 1 aromatic carbocycles. The van der Waals surface area contributed by atoms with Crippen molar-refractivity contribution < 1.29 is 21.6 Å². The van der Waals surface area contributed by atoms with Gasteiger partial charge in [0.15, 0.2) is 0 Å². The number of hydrogen-bond acceptors (Lipinski definition) is 3. The van der Waals surface area contributed by atoms with Crippen molar-refractivity contribution in [1.29, 1.82) is 0 Å². The van der Waals surface area contributed by atoms with Crippen molar-refractivity contribution in [3.63, 3.8) is 0 Å². The lowest BCUT2D eigenvalue weighted by Crippen LogP contribution is -2.48. The van der Waals surface area contributed by atoms with Gasteiger partial charge in [-0.3, -0.25) is 0 Å². The molecule has 4 nitrogen and oxygen atoms in total. The van der Waals surface area contributed by atoms with Gasteiger partial charge in [0.05, 0.1) is 10.5 Å². The molecule has 1 aliphatic heterocycles. The van der Waals surface area contributed by atoms with Gasteiger partial charge in [-0.25, -0.2) is 13.1 Å². The molecule has 1 saturated heterocycles. The quantitative estimate of drug-likeness (QED) is 0.877. The van der Waals surface area contributed by atoms with Crippen LogP contribution in [0, 0.1) is 5.92 Å². The molecule has 0 spiro atoms. The number of rotatable bonds is 4. The Morgan fingerprint density at radius 2 is 1.79 bits per heavy atom. The minimum Gasteiger partial charge on any atom is -0.316 e. The topological polar surface area (TPSA) is 58.2 Å². The van der Waals surface area contributed by atoms with E-state index in [1.54, 1.807) is 0 Å². The molecule has 1 fully saturated rings. The van der Waals surface area contributed by atoms with Crippen molar-refractivity contribution in [2.24, 2.45) is 5.92 Å². The molecular formula is C11H13F3N2O2S. The fourth-order valence-electron chi connectivity index (χ4n) is 1.63. The molecular weight excluding hydrogens is 281 g/mol. The average Bonchev–Trinajstić information content (AvgIpc) is 2.26. The molecule has 0 atom stereocenters. The van der Waals surface area contributed by atoms with Gasteiger partial charge in [0.1, 0.15) is 0 Å². The van der Waals surface area contributed by atoms with E-state index >= 15 is 0 Å². The molecule has 0 radical (unpaired) electrons. The molecule has 0 unspecified atom stereocenters. The fourth-order valence-corrected chi connectivity index (χ4v) is 2.74. The Kier molecular flexibility index (Phi) is 3.84. The number of nitrogens with one attached hydrogen (secondary N) is 2. The third-order valence-corrected chi connectivity index (χ3v) is 4.36. The normalized spacial score (nSPS) is 17.2. The summed E-state index contributed by atoms with van der Waals surface area (Å²) in [7, 11) is -3.74. The highest BCUT2D eigenvalue weighted by Gasteiger charge is 2.30. The summed E-state index contributed by atoms with van der Waals surface area (Å²) >= 11 is 0. The Hall–Kier alpha value is -1.12. The van der Waals surface area contributed by atoms with Crippen molar-refractivity contribution in [3.8, 4) is 0 Å². The molecule has 0 bridgehead atoms. The van der Waals surface area contributed by atoms with Crippen LogP contribution in [-0.2, 0) is 16.2 Å². The van der Waals surface area contributed by atoms with Crippen LogP contribution in [0.1, 0.15) is 5.56 Å². The number of sulfonamides is 1. The van der Waals surface area contributed by atoms with Crippen molar-refractivity contribution in [2.45, 2.75) is 11.1 Å². The van der Waals surface area contributed by atoms with Gasteiger partial charge in [-0.2, -0.15) is 13.2 Å². The zero-order valence-electron chi connectivity index (χ0n) is 9.87. The van der Waals surface area contributed by atoms with Gasteiger partial charge in [0.2, 0.25) is 10.0 Å². The van der Waals surface area contributed by atoms with Crippen LogP contribution in [-0.4, -0.2) is 28.1 Å². The van der Waals surface area contributed by atoms with Crippen molar-refractivity contribution >= 4 is 10.0 Å². The maximum atomic E-state index is 12.4. The molecule has 1 heterocycles. The Bertz CT molecular complexity index is 536. The van der Waals surface area contributed by atoms with Gasteiger partial charge in [-0.15, -0.1) is 0 Å². The van der Waals surface area contributed by atoms with Gasteiger partial charge in [0, 0.05) is 19.6 Å². The van der Waals surface area contributed by atoms with E-state index < -0.39 is 21.8 Å². The molecule has 0 aromatic heterocycles. The van der Waals surface area contributed by atoms with Gasteiger partial charge < -0.3 is 5.32 Å². The lowest BCUT2D eigenvalue weighted by Gasteiger charge is -2.27. The zero-order chi connectivity index (χ0) is 14.1. The molecule has 106 valence electrons. The van der Waals surface area contributed by atoms with E-state index in [0.717, 1.165) is 37.4 Å². The molecule has 19 heavy (non-hydrogen) atoms. The van der Waals surface area contributed by atoms with Crippen LogP contribution < -0.4 is 10.0 Å². The third kappa shape index (κ3) is 3.46. The highest BCUT2D eigenvalue weighted by Crippen LogP contribution is 2.29. The Morgan fingerprint density at radius 1 is 1.21 bits per heavy atom. The molecule has 0 saturated carbocycles. The van der Waals surface area contributed by atoms with E-state index in [2.05, 4.69) is 10.0 Å². The van der Waals surface area contributed by atoms with Crippen molar-refractivity contribution in [2.75, 3.05) is 19.6 Å². The van der Waals surface area contributed by atoms with Crippen LogP contribution in [0.15, 0.2) is 29.2 Å². The number of hydrogen-bond donors (Lipinski definition) is 2. The summed E-state index contributed by atoms with van der Waals surface area (Å²) in [6, 6.07) is 3.45. The highest BCUT2D eigenvalue weighted by atomic mass is 32.2. The summed E-state index contributed by atoms with van der Waals surface area (Å²) in [5, 5.41) is 3.00. The predicted molar refractivity (Wildman–Crippen MR) is 63.0 cm³/mol. The maximum absolute atomic E-state index is 12.4.